The molecule has 1 N–H and O–H groups in total. The smallest absolute Gasteiger partial charge is 0.306 e. The quantitative estimate of drug-likeness (QED) is 0.553. The number of aryl methyl sites for hydroxylation is 1. The maximum absolute atomic E-state index is 10.6. The van der Waals surface area contributed by atoms with Gasteiger partial charge >= 0.3 is 5.69 Å². The molecule has 3 rings (SSSR count). The van der Waals surface area contributed by atoms with Crippen molar-refractivity contribution in [2.45, 2.75) is 19.9 Å². The first kappa shape index (κ1) is 14.4. The van der Waals surface area contributed by atoms with Crippen LogP contribution in [0.15, 0.2) is 23.8 Å². The van der Waals surface area contributed by atoms with Crippen molar-refractivity contribution >= 4 is 33.1 Å². The summed E-state index contributed by atoms with van der Waals surface area (Å²) in [5.74, 6) is 1.59. The van der Waals surface area contributed by atoms with Gasteiger partial charge in [0.2, 0.25) is 0 Å². The summed E-state index contributed by atoms with van der Waals surface area (Å²) in [5, 5.41) is 20.8. The minimum absolute atomic E-state index is 0.00414. The lowest BCUT2D eigenvalue weighted by Crippen LogP contribution is -2.12. The predicted molar refractivity (Wildman–Crippen MR) is 84.2 cm³/mol. The van der Waals surface area contributed by atoms with Crippen LogP contribution in [0.25, 0.3) is 10.2 Å². The summed E-state index contributed by atoms with van der Waals surface area (Å²) in [5.41, 5.74) is -0.00414. The van der Waals surface area contributed by atoms with Crippen molar-refractivity contribution in [1.29, 1.82) is 0 Å². The molecule has 0 aromatic carbocycles. The lowest BCUT2D eigenvalue weighted by Gasteiger charge is -2.08. The van der Waals surface area contributed by atoms with E-state index in [0.717, 1.165) is 28.3 Å². The highest BCUT2D eigenvalue weighted by molar-refractivity contribution is 7.16. The first-order chi connectivity index (χ1) is 10.7. The summed E-state index contributed by atoms with van der Waals surface area (Å²) >= 11 is 1.58. The molecule has 0 spiro atoms. The Hall–Kier alpha value is -2.55. The van der Waals surface area contributed by atoms with Gasteiger partial charge in [-0.25, -0.2) is 9.97 Å². The standard InChI is InChI=1S/C13H14N6O2S/c1-2-11-16-12(10-3-6-22-13(10)17-11)14-4-5-18-8-9(7-15-18)19(20)21/h3,6-8H,2,4-5H2,1H3,(H,14,16,17). The highest BCUT2D eigenvalue weighted by atomic mass is 32.1. The van der Waals surface area contributed by atoms with Crippen LogP contribution in [0.5, 0.6) is 0 Å². The van der Waals surface area contributed by atoms with E-state index < -0.39 is 4.92 Å². The Balaban J connectivity index is 1.70. The van der Waals surface area contributed by atoms with Gasteiger partial charge in [0.15, 0.2) is 0 Å². The molecule has 0 saturated heterocycles. The molecule has 0 aliphatic carbocycles. The number of nitrogens with zero attached hydrogens (tertiary/aromatic N) is 5. The van der Waals surface area contributed by atoms with Gasteiger partial charge in [0, 0.05) is 13.0 Å². The highest BCUT2D eigenvalue weighted by Crippen LogP contribution is 2.25. The van der Waals surface area contributed by atoms with Crippen LogP contribution in [0.4, 0.5) is 11.5 Å². The molecule has 114 valence electrons. The Morgan fingerprint density at radius 1 is 1.45 bits per heavy atom. The zero-order valence-electron chi connectivity index (χ0n) is 11.9. The molecule has 0 aliphatic heterocycles. The molecule has 0 amide bonds. The Labute approximate surface area is 130 Å². The molecule has 9 heteroatoms. The van der Waals surface area contributed by atoms with E-state index in [-0.39, 0.29) is 5.69 Å². The fraction of sp³-hybridized carbons (Fsp3) is 0.308. The predicted octanol–water partition coefficient (Wildman–Crippen LogP) is 2.47. The van der Waals surface area contributed by atoms with Crippen LogP contribution in [-0.2, 0) is 13.0 Å². The van der Waals surface area contributed by atoms with Crippen molar-refractivity contribution < 1.29 is 4.92 Å². The van der Waals surface area contributed by atoms with Crippen LogP contribution in [0, 0.1) is 10.1 Å². The first-order valence-corrected chi connectivity index (χ1v) is 7.70. The zero-order valence-corrected chi connectivity index (χ0v) is 12.7. The van der Waals surface area contributed by atoms with Crippen LogP contribution in [0.1, 0.15) is 12.7 Å². The van der Waals surface area contributed by atoms with Crippen molar-refractivity contribution in [3.63, 3.8) is 0 Å². The van der Waals surface area contributed by atoms with E-state index in [1.54, 1.807) is 11.3 Å². The van der Waals surface area contributed by atoms with Crippen molar-refractivity contribution in [3.8, 4) is 0 Å². The van der Waals surface area contributed by atoms with E-state index in [1.165, 1.54) is 17.1 Å². The van der Waals surface area contributed by atoms with Crippen molar-refractivity contribution in [2.24, 2.45) is 0 Å². The molecule has 22 heavy (non-hydrogen) atoms. The van der Waals surface area contributed by atoms with Gasteiger partial charge < -0.3 is 5.32 Å². The third-order valence-corrected chi connectivity index (χ3v) is 3.96. The van der Waals surface area contributed by atoms with Crippen molar-refractivity contribution in [3.05, 3.63) is 39.8 Å². The Kier molecular flexibility index (Phi) is 3.96. The van der Waals surface area contributed by atoms with E-state index in [0.29, 0.717) is 13.1 Å². The summed E-state index contributed by atoms with van der Waals surface area (Å²) < 4.78 is 1.54. The maximum Gasteiger partial charge on any atom is 0.306 e. The van der Waals surface area contributed by atoms with Crippen LogP contribution < -0.4 is 5.32 Å². The largest absolute Gasteiger partial charge is 0.368 e. The van der Waals surface area contributed by atoms with E-state index in [1.807, 2.05) is 18.4 Å². The molecule has 0 atom stereocenters. The number of nitro groups is 1. The number of hydrogen-bond acceptors (Lipinski definition) is 7. The lowest BCUT2D eigenvalue weighted by molar-refractivity contribution is -0.385. The molecular formula is C13H14N6O2S. The summed E-state index contributed by atoms with van der Waals surface area (Å²) in [6, 6.07) is 1.99. The number of hydrogen-bond donors (Lipinski definition) is 1. The molecule has 0 bridgehead atoms. The van der Waals surface area contributed by atoms with E-state index in [9.17, 15) is 10.1 Å². The van der Waals surface area contributed by atoms with Crippen LogP contribution >= 0.6 is 11.3 Å². The van der Waals surface area contributed by atoms with Crippen LogP contribution in [0.3, 0.4) is 0 Å². The maximum atomic E-state index is 10.6. The number of rotatable bonds is 6. The van der Waals surface area contributed by atoms with E-state index in [4.69, 9.17) is 0 Å². The third-order valence-electron chi connectivity index (χ3n) is 3.15. The van der Waals surface area contributed by atoms with Gasteiger partial charge in [-0.15, -0.1) is 11.3 Å². The summed E-state index contributed by atoms with van der Waals surface area (Å²) in [6.07, 6.45) is 3.43. The number of fused-ring (bicyclic) bond motifs is 1. The van der Waals surface area contributed by atoms with Gasteiger partial charge in [0.1, 0.15) is 28.9 Å². The molecule has 3 aromatic heterocycles. The normalized spacial score (nSPS) is 11.0. The zero-order chi connectivity index (χ0) is 15.5. The third kappa shape index (κ3) is 2.89. The van der Waals surface area contributed by atoms with Gasteiger partial charge in [-0.3, -0.25) is 14.8 Å². The molecule has 3 aromatic rings. The lowest BCUT2D eigenvalue weighted by atomic mass is 10.3. The molecule has 0 aliphatic rings. The number of thiophene rings is 1. The first-order valence-electron chi connectivity index (χ1n) is 6.82. The monoisotopic (exact) mass is 318 g/mol. The fourth-order valence-electron chi connectivity index (χ4n) is 2.05. The molecule has 0 saturated carbocycles. The van der Waals surface area contributed by atoms with Gasteiger partial charge in [0.05, 0.1) is 16.9 Å². The van der Waals surface area contributed by atoms with Crippen molar-refractivity contribution in [2.75, 3.05) is 11.9 Å². The second-order valence-corrected chi connectivity index (χ2v) is 5.52. The second-order valence-electron chi connectivity index (χ2n) is 4.63. The SMILES string of the molecule is CCc1nc(NCCn2cc([N+](=O)[O-])cn2)c2ccsc2n1. The van der Waals surface area contributed by atoms with Gasteiger partial charge in [-0.05, 0) is 11.4 Å². The number of anilines is 1. The Morgan fingerprint density at radius 3 is 3.05 bits per heavy atom. The summed E-state index contributed by atoms with van der Waals surface area (Å²) in [4.78, 5) is 20.1. The molecule has 0 fully saturated rings. The minimum Gasteiger partial charge on any atom is -0.368 e. The van der Waals surface area contributed by atoms with E-state index >= 15 is 0 Å². The fourth-order valence-corrected chi connectivity index (χ4v) is 2.83. The summed E-state index contributed by atoms with van der Waals surface area (Å²) in [7, 11) is 0. The molecule has 0 radical (unpaired) electrons. The van der Waals surface area contributed by atoms with E-state index in [2.05, 4.69) is 20.4 Å². The Morgan fingerprint density at radius 2 is 2.32 bits per heavy atom. The molecule has 3 heterocycles. The average molecular weight is 318 g/mol. The Bertz CT molecular complexity index is 812. The van der Waals surface area contributed by atoms with Crippen LogP contribution in [0.2, 0.25) is 0 Å². The van der Waals surface area contributed by atoms with Crippen LogP contribution in [-0.4, -0.2) is 31.2 Å². The van der Waals surface area contributed by atoms with Crippen molar-refractivity contribution in [1.82, 2.24) is 19.7 Å². The number of aromatic nitrogens is 4. The minimum atomic E-state index is -0.455. The number of nitrogens with one attached hydrogen (secondary N) is 1. The van der Waals surface area contributed by atoms with Gasteiger partial charge in [-0.2, -0.15) is 5.10 Å². The van der Waals surface area contributed by atoms with Gasteiger partial charge in [-0.1, -0.05) is 6.92 Å². The summed E-state index contributed by atoms with van der Waals surface area (Å²) in [6.45, 7) is 3.11. The highest BCUT2D eigenvalue weighted by Gasteiger charge is 2.10. The second kappa shape index (κ2) is 6.06. The molecular weight excluding hydrogens is 304 g/mol. The molecule has 8 nitrogen and oxygen atoms in total. The topological polar surface area (TPSA) is 98.8 Å². The average Bonchev–Trinajstić information content (AvgIpc) is 3.15. The molecule has 0 unspecified atom stereocenters. The van der Waals surface area contributed by atoms with Gasteiger partial charge in [0.25, 0.3) is 0 Å².